The van der Waals surface area contributed by atoms with Crippen LogP contribution in [0.25, 0.3) is 0 Å². The van der Waals surface area contributed by atoms with Gasteiger partial charge in [-0.05, 0) is 43.2 Å². The number of furan rings is 1. The fourth-order valence-corrected chi connectivity index (χ4v) is 4.40. The number of hydrogen-bond acceptors (Lipinski definition) is 3. The van der Waals surface area contributed by atoms with Crippen LogP contribution in [0.15, 0.2) is 45.7 Å². The third-order valence-corrected chi connectivity index (χ3v) is 5.97. The number of carbonyl (C=O) groups is 1. The number of hydrogen-bond donors (Lipinski definition) is 1. The highest BCUT2D eigenvalue weighted by Gasteiger charge is 2.18. The van der Waals surface area contributed by atoms with E-state index in [1.165, 1.54) is 12.8 Å². The van der Waals surface area contributed by atoms with Crippen molar-refractivity contribution >= 4 is 28.3 Å². The van der Waals surface area contributed by atoms with Gasteiger partial charge in [-0.3, -0.25) is 9.00 Å². The van der Waals surface area contributed by atoms with Crippen molar-refractivity contribution in [3.63, 3.8) is 0 Å². The molecule has 134 valence electrons. The molecule has 0 aliphatic heterocycles. The van der Waals surface area contributed by atoms with E-state index in [0.29, 0.717) is 15.7 Å². The van der Waals surface area contributed by atoms with Gasteiger partial charge in [0.15, 0.2) is 5.76 Å². The van der Waals surface area contributed by atoms with Crippen LogP contribution in [0.1, 0.15) is 54.8 Å². The summed E-state index contributed by atoms with van der Waals surface area (Å²) in [5.74, 6) is 0.843. The Bertz CT molecular complexity index is 751. The zero-order chi connectivity index (χ0) is 17.6. The Hall–Kier alpha value is -1.59. The molecule has 1 aromatic carbocycles. The summed E-state index contributed by atoms with van der Waals surface area (Å²) in [6, 6.07) is 10.5. The van der Waals surface area contributed by atoms with Crippen LogP contribution in [-0.2, 0) is 16.6 Å². The topological polar surface area (TPSA) is 59.3 Å². The molecule has 0 spiro atoms. The zero-order valence-electron chi connectivity index (χ0n) is 14.0. The first-order valence-electron chi connectivity index (χ1n) is 8.65. The van der Waals surface area contributed by atoms with Gasteiger partial charge >= 0.3 is 0 Å². The summed E-state index contributed by atoms with van der Waals surface area (Å²) in [4.78, 5) is 13.0. The number of carbonyl (C=O) groups excluding carboxylic acids is 1. The van der Waals surface area contributed by atoms with E-state index in [1.54, 1.807) is 36.4 Å². The maximum atomic E-state index is 12.4. The number of benzene rings is 1. The van der Waals surface area contributed by atoms with E-state index in [9.17, 15) is 9.00 Å². The summed E-state index contributed by atoms with van der Waals surface area (Å²) >= 11 is 5.93. The van der Waals surface area contributed by atoms with Gasteiger partial charge in [0, 0.05) is 16.0 Å². The lowest BCUT2D eigenvalue weighted by Crippen LogP contribution is -2.34. The number of amides is 1. The molecule has 1 heterocycles. The van der Waals surface area contributed by atoms with Crippen LogP contribution in [0, 0.1) is 0 Å². The van der Waals surface area contributed by atoms with Crippen molar-refractivity contribution in [3.05, 3.63) is 52.9 Å². The molecular formula is C19H22ClNO3S. The predicted molar refractivity (Wildman–Crippen MR) is 99.2 cm³/mol. The molecule has 1 aromatic heterocycles. The molecule has 2 aromatic rings. The van der Waals surface area contributed by atoms with Gasteiger partial charge in [-0.1, -0.05) is 43.4 Å². The molecule has 3 rings (SSSR count). The summed E-state index contributed by atoms with van der Waals surface area (Å²) in [7, 11) is -1.26. The molecule has 1 amide bonds. The van der Waals surface area contributed by atoms with Gasteiger partial charge in [0.25, 0.3) is 5.91 Å². The van der Waals surface area contributed by atoms with Crippen molar-refractivity contribution < 1.29 is 13.4 Å². The highest BCUT2D eigenvalue weighted by Crippen LogP contribution is 2.20. The van der Waals surface area contributed by atoms with E-state index in [2.05, 4.69) is 5.32 Å². The van der Waals surface area contributed by atoms with Crippen LogP contribution in [0.3, 0.4) is 0 Å². The molecule has 0 radical (unpaired) electrons. The average molecular weight is 380 g/mol. The van der Waals surface area contributed by atoms with Gasteiger partial charge in [0.05, 0.1) is 16.6 Å². The first-order chi connectivity index (χ1) is 12.1. The zero-order valence-corrected chi connectivity index (χ0v) is 15.6. The van der Waals surface area contributed by atoms with Crippen molar-refractivity contribution in [2.24, 2.45) is 0 Å². The molecule has 0 saturated heterocycles. The maximum Gasteiger partial charge on any atom is 0.287 e. The molecule has 1 aliphatic carbocycles. The number of nitrogens with one attached hydrogen (secondary N) is 1. The van der Waals surface area contributed by atoms with Crippen molar-refractivity contribution in [1.29, 1.82) is 0 Å². The van der Waals surface area contributed by atoms with E-state index in [4.69, 9.17) is 16.0 Å². The molecule has 1 aliphatic rings. The van der Waals surface area contributed by atoms with E-state index < -0.39 is 10.8 Å². The maximum absolute atomic E-state index is 12.4. The predicted octanol–water partition coefficient (Wildman–Crippen LogP) is 4.69. The van der Waals surface area contributed by atoms with Crippen LogP contribution >= 0.6 is 11.6 Å². The third-order valence-electron chi connectivity index (χ3n) is 4.41. The van der Waals surface area contributed by atoms with E-state index in [1.807, 2.05) is 0 Å². The monoisotopic (exact) mass is 379 g/mol. The van der Waals surface area contributed by atoms with Gasteiger partial charge in [-0.25, -0.2) is 0 Å². The highest BCUT2D eigenvalue weighted by molar-refractivity contribution is 7.84. The Kier molecular flexibility index (Phi) is 6.32. The average Bonchev–Trinajstić information content (AvgIpc) is 2.91. The standard InChI is InChI=1S/C19H22ClNO3S/c20-14-6-5-9-17(12-14)25(23)13-16-10-11-18(24-16)19(22)21-15-7-3-1-2-4-8-15/h5-6,9-12,15H,1-4,7-8,13H2,(H,21,22). The molecule has 6 heteroatoms. The van der Waals surface area contributed by atoms with Crippen LogP contribution in [0.5, 0.6) is 0 Å². The Balaban J connectivity index is 1.59. The van der Waals surface area contributed by atoms with Crippen LogP contribution in [0.4, 0.5) is 0 Å². The SMILES string of the molecule is O=C(NC1CCCCCC1)c1ccc(CS(=O)c2cccc(Cl)c2)o1. The fraction of sp³-hybridized carbons (Fsp3) is 0.421. The fourth-order valence-electron chi connectivity index (χ4n) is 3.08. The lowest BCUT2D eigenvalue weighted by Gasteiger charge is -2.14. The third kappa shape index (κ3) is 5.19. The lowest BCUT2D eigenvalue weighted by atomic mass is 10.1. The highest BCUT2D eigenvalue weighted by atomic mass is 35.5. The Morgan fingerprint density at radius 1 is 1.16 bits per heavy atom. The summed E-state index contributed by atoms with van der Waals surface area (Å²) in [5, 5.41) is 3.60. The molecule has 1 unspecified atom stereocenters. The van der Waals surface area contributed by atoms with Crippen LogP contribution in [0.2, 0.25) is 5.02 Å². The smallest absolute Gasteiger partial charge is 0.287 e. The second-order valence-electron chi connectivity index (χ2n) is 6.38. The second kappa shape index (κ2) is 8.68. The van der Waals surface area contributed by atoms with Crippen molar-refractivity contribution in [2.75, 3.05) is 0 Å². The number of rotatable bonds is 5. The van der Waals surface area contributed by atoms with Crippen molar-refractivity contribution in [3.8, 4) is 0 Å². The van der Waals surface area contributed by atoms with E-state index >= 15 is 0 Å². The van der Waals surface area contributed by atoms with E-state index in [-0.39, 0.29) is 23.5 Å². The molecule has 1 saturated carbocycles. The van der Waals surface area contributed by atoms with Gasteiger partial charge in [0.1, 0.15) is 5.76 Å². The van der Waals surface area contributed by atoms with Gasteiger partial charge in [-0.15, -0.1) is 0 Å². The number of halogens is 1. The molecule has 1 N–H and O–H groups in total. The summed E-state index contributed by atoms with van der Waals surface area (Å²) in [6.07, 6.45) is 6.86. The molecule has 25 heavy (non-hydrogen) atoms. The van der Waals surface area contributed by atoms with Gasteiger partial charge < -0.3 is 9.73 Å². The first-order valence-corrected chi connectivity index (χ1v) is 10.3. The molecule has 4 nitrogen and oxygen atoms in total. The molecular weight excluding hydrogens is 358 g/mol. The first kappa shape index (κ1) is 18.2. The minimum atomic E-state index is -1.26. The lowest BCUT2D eigenvalue weighted by molar-refractivity contribution is 0.0904. The van der Waals surface area contributed by atoms with Gasteiger partial charge in [-0.2, -0.15) is 0 Å². The molecule has 1 atom stereocenters. The second-order valence-corrected chi connectivity index (χ2v) is 8.26. The molecule has 0 bridgehead atoms. The Morgan fingerprint density at radius 3 is 2.64 bits per heavy atom. The van der Waals surface area contributed by atoms with Crippen molar-refractivity contribution in [1.82, 2.24) is 5.32 Å². The molecule has 1 fully saturated rings. The summed E-state index contributed by atoms with van der Waals surface area (Å²) in [5.41, 5.74) is 0. The largest absolute Gasteiger partial charge is 0.455 e. The Labute approximate surface area is 155 Å². The quantitative estimate of drug-likeness (QED) is 0.766. The van der Waals surface area contributed by atoms with Crippen LogP contribution in [-0.4, -0.2) is 16.2 Å². The normalized spacial score (nSPS) is 17.0. The summed E-state index contributed by atoms with van der Waals surface area (Å²) < 4.78 is 18.0. The van der Waals surface area contributed by atoms with Crippen molar-refractivity contribution in [2.45, 2.75) is 55.2 Å². The summed E-state index contributed by atoms with van der Waals surface area (Å²) in [6.45, 7) is 0. The van der Waals surface area contributed by atoms with Crippen LogP contribution < -0.4 is 5.32 Å². The van der Waals surface area contributed by atoms with Gasteiger partial charge in [0.2, 0.25) is 0 Å². The van der Waals surface area contributed by atoms with E-state index in [0.717, 1.165) is 25.7 Å². The Morgan fingerprint density at radius 2 is 1.92 bits per heavy atom. The minimum Gasteiger partial charge on any atom is -0.455 e. The minimum absolute atomic E-state index is 0.188.